The van der Waals surface area contributed by atoms with E-state index in [0.29, 0.717) is 5.56 Å². The van der Waals surface area contributed by atoms with Crippen molar-refractivity contribution in [2.45, 2.75) is 11.8 Å². The molecule has 0 spiro atoms. The standard InChI is InChI=1S/C19H9F5N2O3S2/c1-9-4-2-3-5-10(9)12(8-25)11-6-7-30-19(11)26-29-31(27,28)18-16(23)14(21)13(20)15(22)17(18)24/h2-7H,1H3/b12-11+,26-19-. The van der Waals surface area contributed by atoms with Gasteiger partial charge in [-0.3, -0.25) is 4.28 Å². The molecule has 0 saturated heterocycles. The van der Waals surface area contributed by atoms with Gasteiger partial charge in [0.15, 0.2) is 28.2 Å². The molecular weight excluding hydrogens is 463 g/mol. The Balaban J connectivity index is 2.06. The highest BCUT2D eigenvalue weighted by Gasteiger charge is 2.35. The van der Waals surface area contributed by atoms with E-state index in [9.17, 15) is 35.6 Å². The molecule has 5 nitrogen and oxygen atoms in total. The van der Waals surface area contributed by atoms with Gasteiger partial charge in [0.05, 0.1) is 5.57 Å². The van der Waals surface area contributed by atoms with Crippen LogP contribution in [0.4, 0.5) is 22.0 Å². The smallest absolute Gasteiger partial charge is 0.263 e. The van der Waals surface area contributed by atoms with Gasteiger partial charge in [-0.2, -0.15) is 13.7 Å². The molecule has 2 aromatic rings. The van der Waals surface area contributed by atoms with E-state index in [1.165, 1.54) is 11.5 Å². The van der Waals surface area contributed by atoms with E-state index in [0.717, 1.165) is 17.3 Å². The van der Waals surface area contributed by atoms with Crippen LogP contribution in [-0.2, 0) is 14.4 Å². The first-order chi connectivity index (χ1) is 14.6. The quantitative estimate of drug-likeness (QED) is 0.207. The van der Waals surface area contributed by atoms with Gasteiger partial charge in [-0.25, -0.2) is 22.0 Å². The molecule has 0 bridgehead atoms. The van der Waals surface area contributed by atoms with Crippen molar-refractivity contribution < 1.29 is 34.7 Å². The van der Waals surface area contributed by atoms with E-state index in [1.54, 1.807) is 31.2 Å². The third-order valence-electron chi connectivity index (χ3n) is 4.08. The SMILES string of the molecule is Cc1ccccc1/C(C#N)=C1\C=CS\C1=N/OS(=O)(=O)c1c(F)c(F)c(F)c(F)c1F. The molecule has 0 aliphatic carbocycles. The van der Waals surface area contributed by atoms with E-state index in [1.807, 2.05) is 6.07 Å². The minimum Gasteiger partial charge on any atom is -0.263 e. The predicted molar refractivity (Wildman–Crippen MR) is 102 cm³/mol. The molecule has 3 rings (SSSR count). The number of allylic oxidation sites excluding steroid dienone is 2. The molecule has 0 unspecified atom stereocenters. The van der Waals surface area contributed by atoms with Crippen LogP contribution in [0, 0.1) is 47.3 Å². The summed E-state index contributed by atoms with van der Waals surface area (Å²) >= 11 is 0.823. The molecule has 0 N–H and O–H groups in total. The van der Waals surface area contributed by atoms with Crippen LogP contribution in [0.25, 0.3) is 5.57 Å². The Morgan fingerprint density at radius 1 is 1.03 bits per heavy atom. The van der Waals surface area contributed by atoms with Gasteiger partial charge in [0.25, 0.3) is 0 Å². The Bertz CT molecular complexity index is 1300. The van der Waals surface area contributed by atoms with Gasteiger partial charge in [-0.05, 0) is 29.5 Å². The highest BCUT2D eigenvalue weighted by Crippen LogP contribution is 2.33. The average molecular weight is 472 g/mol. The molecule has 31 heavy (non-hydrogen) atoms. The van der Waals surface area contributed by atoms with Crippen molar-refractivity contribution in [3.8, 4) is 6.07 Å². The lowest BCUT2D eigenvalue weighted by atomic mass is 9.97. The van der Waals surface area contributed by atoms with Gasteiger partial charge >= 0.3 is 10.1 Å². The van der Waals surface area contributed by atoms with Crippen LogP contribution < -0.4 is 0 Å². The lowest BCUT2D eigenvalue weighted by molar-refractivity contribution is 0.319. The summed E-state index contributed by atoms with van der Waals surface area (Å²) in [6.07, 6.45) is 1.43. The van der Waals surface area contributed by atoms with Crippen LogP contribution in [0.3, 0.4) is 0 Å². The molecule has 0 saturated carbocycles. The summed E-state index contributed by atoms with van der Waals surface area (Å²) in [6.45, 7) is 1.74. The van der Waals surface area contributed by atoms with Gasteiger partial charge in [-0.1, -0.05) is 41.2 Å². The highest BCUT2D eigenvalue weighted by atomic mass is 32.2. The summed E-state index contributed by atoms with van der Waals surface area (Å²) in [5, 5.41) is 14.1. The number of oxime groups is 1. The summed E-state index contributed by atoms with van der Waals surface area (Å²) < 4.78 is 96.0. The fourth-order valence-electron chi connectivity index (χ4n) is 2.61. The first-order valence-corrected chi connectivity index (χ1v) is 10.5. The Morgan fingerprint density at radius 2 is 1.61 bits per heavy atom. The topological polar surface area (TPSA) is 79.5 Å². The minimum atomic E-state index is -5.53. The number of halogens is 5. The second-order valence-electron chi connectivity index (χ2n) is 5.96. The number of aryl methyl sites for hydroxylation is 1. The summed E-state index contributed by atoms with van der Waals surface area (Å²) in [5.74, 6) is -12.6. The molecule has 0 fully saturated rings. The molecular formula is C19H9F5N2O3S2. The largest absolute Gasteiger partial charge is 0.364 e. The summed E-state index contributed by atoms with van der Waals surface area (Å²) in [5.41, 5.74) is 1.50. The van der Waals surface area contributed by atoms with E-state index < -0.39 is 44.1 Å². The average Bonchev–Trinajstić information content (AvgIpc) is 3.19. The number of nitrogens with zero attached hydrogens (tertiary/aromatic N) is 2. The summed E-state index contributed by atoms with van der Waals surface area (Å²) in [7, 11) is -5.53. The zero-order valence-corrected chi connectivity index (χ0v) is 16.9. The van der Waals surface area contributed by atoms with Crippen LogP contribution in [0.1, 0.15) is 11.1 Å². The number of thioether (sulfide) groups is 1. The maximum atomic E-state index is 13.8. The van der Waals surface area contributed by atoms with Gasteiger partial charge in [0, 0.05) is 5.57 Å². The monoisotopic (exact) mass is 472 g/mol. The molecule has 1 heterocycles. The van der Waals surface area contributed by atoms with E-state index in [2.05, 4.69) is 9.44 Å². The number of nitriles is 1. The summed E-state index contributed by atoms with van der Waals surface area (Å²) in [6, 6.07) is 8.76. The van der Waals surface area contributed by atoms with Crippen LogP contribution >= 0.6 is 11.8 Å². The molecule has 0 radical (unpaired) electrons. The fraction of sp³-hybridized carbons (Fsp3) is 0.0526. The number of hydrogen-bond acceptors (Lipinski definition) is 6. The van der Waals surface area contributed by atoms with Gasteiger partial charge in [-0.15, -0.1) is 0 Å². The molecule has 160 valence electrons. The van der Waals surface area contributed by atoms with Crippen molar-refractivity contribution in [2.75, 3.05) is 0 Å². The Morgan fingerprint density at radius 3 is 2.19 bits per heavy atom. The number of rotatable bonds is 4. The van der Waals surface area contributed by atoms with Crippen molar-refractivity contribution in [2.24, 2.45) is 5.16 Å². The third-order valence-corrected chi connectivity index (χ3v) is 6.00. The Hall–Kier alpha value is -3.17. The first-order valence-electron chi connectivity index (χ1n) is 8.17. The zero-order chi connectivity index (χ0) is 22.9. The van der Waals surface area contributed by atoms with Crippen molar-refractivity contribution in [3.63, 3.8) is 0 Å². The Kier molecular flexibility index (Phi) is 6.19. The van der Waals surface area contributed by atoms with Gasteiger partial charge < -0.3 is 0 Å². The second-order valence-corrected chi connectivity index (χ2v) is 8.32. The fourth-order valence-corrected chi connectivity index (χ4v) is 4.23. The van der Waals surface area contributed by atoms with E-state index in [4.69, 9.17) is 0 Å². The highest BCUT2D eigenvalue weighted by molar-refractivity contribution is 8.17. The van der Waals surface area contributed by atoms with Gasteiger partial charge in [0.2, 0.25) is 5.82 Å². The predicted octanol–water partition coefficient (Wildman–Crippen LogP) is 4.95. The summed E-state index contributed by atoms with van der Waals surface area (Å²) in [4.78, 5) is -2.17. The zero-order valence-electron chi connectivity index (χ0n) is 15.3. The number of benzene rings is 2. The lowest BCUT2D eigenvalue weighted by Crippen LogP contribution is -2.14. The molecule has 1 aliphatic heterocycles. The normalized spacial score (nSPS) is 16.5. The van der Waals surface area contributed by atoms with Crippen molar-refractivity contribution >= 4 is 32.5 Å². The minimum absolute atomic E-state index is 0.107. The molecule has 0 atom stereocenters. The van der Waals surface area contributed by atoms with Gasteiger partial charge in [0.1, 0.15) is 11.1 Å². The number of hydrogen-bond donors (Lipinski definition) is 0. The lowest BCUT2D eigenvalue weighted by Gasteiger charge is -2.09. The van der Waals surface area contributed by atoms with Crippen LogP contribution in [-0.4, -0.2) is 13.5 Å². The molecule has 1 aliphatic rings. The van der Waals surface area contributed by atoms with Crippen molar-refractivity contribution in [3.05, 3.63) is 81.5 Å². The van der Waals surface area contributed by atoms with E-state index >= 15 is 0 Å². The van der Waals surface area contributed by atoms with Crippen LogP contribution in [0.5, 0.6) is 0 Å². The second kappa shape index (κ2) is 8.52. The third kappa shape index (κ3) is 4.06. The van der Waals surface area contributed by atoms with Crippen LogP contribution in [0.15, 0.2) is 51.4 Å². The van der Waals surface area contributed by atoms with Crippen molar-refractivity contribution in [1.29, 1.82) is 5.26 Å². The molecule has 0 aromatic heterocycles. The molecule has 12 heteroatoms. The Labute approximate surface area is 177 Å². The maximum absolute atomic E-state index is 13.8. The van der Waals surface area contributed by atoms with Crippen molar-refractivity contribution in [1.82, 2.24) is 0 Å². The van der Waals surface area contributed by atoms with Crippen LogP contribution in [0.2, 0.25) is 0 Å². The maximum Gasteiger partial charge on any atom is 0.364 e. The first kappa shape index (κ1) is 22.5. The molecule has 0 amide bonds. The molecule has 2 aromatic carbocycles. The van der Waals surface area contributed by atoms with E-state index in [-0.39, 0.29) is 16.2 Å².